The molecule has 0 saturated carbocycles. The van der Waals surface area contributed by atoms with Gasteiger partial charge in [-0.2, -0.15) is 5.10 Å². The van der Waals surface area contributed by atoms with Gasteiger partial charge in [0.2, 0.25) is 0 Å². The Kier molecular flexibility index (Phi) is 5.52. The molecule has 1 heterocycles. The van der Waals surface area contributed by atoms with Crippen LogP contribution in [0.1, 0.15) is 0 Å². The predicted octanol–water partition coefficient (Wildman–Crippen LogP) is 1.05. The van der Waals surface area contributed by atoms with Gasteiger partial charge in [-0.25, -0.2) is 4.39 Å². The number of para-hydroxylation sites is 1. The van der Waals surface area contributed by atoms with E-state index in [-0.39, 0.29) is 12.4 Å². The number of hydrogen-bond donors (Lipinski definition) is 2. The van der Waals surface area contributed by atoms with Crippen LogP contribution in [0.2, 0.25) is 0 Å². The minimum Gasteiger partial charge on any atom is -0.488 e. The molecule has 2 aromatic rings. The second kappa shape index (κ2) is 7.62. The fraction of sp³-hybridized carbons (Fsp3) is 0.357. The lowest BCUT2D eigenvalue weighted by Crippen LogP contribution is -2.33. The van der Waals surface area contributed by atoms with E-state index in [1.54, 1.807) is 23.0 Å². The number of nitrogens with zero attached hydrogens (tertiary/aromatic N) is 2. The molecule has 5 nitrogen and oxygen atoms in total. The lowest BCUT2D eigenvalue weighted by molar-refractivity contribution is 0.104. The molecule has 0 bridgehead atoms. The van der Waals surface area contributed by atoms with Crippen molar-refractivity contribution in [3.05, 3.63) is 48.5 Å². The Hall–Kier alpha value is -1.92. The summed E-state index contributed by atoms with van der Waals surface area (Å²) in [5, 5.41) is 16.9. The summed E-state index contributed by atoms with van der Waals surface area (Å²) in [5.74, 6) is -0.269. The molecule has 0 aliphatic carbocycles. The first kappa shape index (κ1) is 14.5. The average Bonchev–Trinajstić information content (AvgIpc) is 2.96. The number of ether oxygens (including phenoxy) is 1. The zero-order valence-corrected chi connectivity index (χ0v) is 11.1. The van der Waals surface area contributed by atoms with Crippen molar-refractivity contribution in [3.8, 4) is 5.75 Å². The van der Waals surface area contributed by atoms with Gasteiger partial charge in [0.1, 0.15) is 12.7 Å². The largest absolute Gasteiger partial charge is 0.488 e. The van der Waals surface area contributed by atoms with E-state index in [1.165, 1.54) is 12.1 Å². The Morgan fingerprint density at radius 2 is 2.20 bits per heavy atom. The molecule has 0 aliphatic rings. The third-order valence-electron chi connectivity index (χ3n) is 2.72. The van der Waals surface area contributed by atoms with Crippen molar-refractivity contribution in [1.29, 1.82) is 0 Å². The van der Waals surface area contributed by atoms with E-state index in [2.05, 4.69) is 10.4 Å². The maximum Gasteiger partial charge on any atom is 0.165 e. The van der Waals surface area contributed by atoms with E-state index in [9.17, 15) is 9.50 Å². The van der Waals surface area contributed by atoms with Gasteiger partial charge >= 0.3 is 0 Å². The lowest BCUT2D eigenvalue weighted by Gasteiger charge is -2.13. The Morgan fingerprint density at radius 3 is 2.95 bits per heavy atom. The molecule has 1 aromatic heterocycles. The number of aliphatic hydroxyl groups excluding tert-OH is 1. The van der Waals surface area contributed by atoms with E-state index >= 15 is 0 Å². The highest BCUT2D eigenvalue weighted by atomic mass is 19.1. The molecule has 6 heteroatoms. The molecule has 0 fully saturated rings. The Labute approximate surface area is 117 Å². The van der Waals surface area contributed by atoms with Crippen LogP contribution in [0.15, 0.2) is 42.7 Å². The zero-order valence-electron chi connectivity index (χ0n) is 11.1. The van der Waals surface area contributed by atoms with Crippen LogP contribution >= 0.6 is 0 Å². The van der Waals surface area contributed by atoms with Crippen molar-refractivity contribution in [2.75, 3.05) is 19.7 Å². The maximum atomic E-state index is 13.3. The van der Waals surface area contributed by atoms with Gasteiger partial charge in [0.15, 0.2) is 11.6 Å². The van der Waals surface area contributed by atoms with Crippen molar-refractivity contribution in [1.82, 2.24) is 15.1 Å². The molecule has 2 N–H and O–H groups in total. The molecule has 0 aliphatic heterocycles. The van der Waals surface area contributed by atoms with Crippen LogP contribution in [0.25, 0.3) is 0 Å². The third kappa shape index (κ3) is 4.64. The second-order valence-corrected chi connectivity index (χ2v) is 4.37. The van der Waals surface area contributed by atoms with Gasteiger partial charge in [-0.3, -0.25) is 4.68 Å². The van der Waals surface area contributed by atoms with Crippen molar-refractivity contribution in [2.24, 2.45) is 0 Å². The number of halogens is 1. The molecule has 20 heavy (non-hydrogen) atoms. The molecule has 0 amide bonds. The topological polar surface area (TPSA) is 59.3 Å². The molecule has 0 saturated heterocycles. The number of rotatable bonds is 8. The molecule has 108 valence electrons. The third-order valence-corrected chi connectivity index (χ3v) is 2.72. The van der Waals surface area contributed by atoms with E-state index in [1.807, 2.05) is 12.3 Å². The minimum absolute atomic E-state index is 0.0513. The fourth-order valence-corrected chi connectivity index (χ4v) is 1.70. The van der Waals surface area contributed by atoms with Crippen LogP contribution in [0, 0.1) is 5.82 Å². The summed E-state index contributed by atoms with van der Waals surface area (Å²) in [7, 11) is 0. The summed E-state index contributed by atoms with van der Waals surface area (Å²) in [5.41, 5.74) is 0. The number of benzene rings is 1. The van der Waals surface area contributed by atoms with Crippen LogP contribution in [-0.2, 0) is 6.54 Å². The Morgan fingerprint density at radius 1 is 1.35 bits per heavy atom. The van der Waals surface area contributed by atoms with Gasteiger partial charge in [-0.15, -0.1) is 0 Å². The van der Waals surface area contributed by atoms with Crippen LogP contribution in [-0.4, -0.2) is 40.7 Å². The zero-order chi connectivity index (χ0) is 14.2. The van der Waals surface area contributed by atoms with E-state index < -0.39 is 11.9 Å². The highest BCUT2D eigenvalue weighted by molar-refractivity contribution is 5.23. The molecular formula is C14H18FN3O2. The van der Waals surface area contributed by atoms with Crippen LogP contribution in [0.3, 0.4) is 0 Å². The van der Waals surface area contributed by atoms with Crippen LogP contribution < -0.4 is 10.1 Å². The SMILES string of the molecule is OC(CNCCn1cccn1)COc1ccccc1F. The Balaban J connectivity index is 1.61. The minimum atomic E-state index is -0.688. The average molecular weight is 279 g/mol. The van der Waals surface area contributed by atoms with E-state index in [0.29, 0.717) is 13.1 Å². The first-order valence-electron chi connectivity index (χ1n) is 6.49. The normalized spacial score (nSPS) is 12.3. The summed E-state index contributed by atoms with van der Waals surface area (Å²) in [6, 6.07) is 8.00. The smallest absolute Gasteiger partial charge is 0.165 e. The van der Waals surface area contributed by atoms with Crippen molar-refractivity contribution >= 4 is 0 Å². The standard InChI is InChI=1S/C14H18FN3O2/c15-13-4-1-2-5-14(13)20-11-12(19)10-16-7-9-18-8-3-6-17-18/h1-6,8,12,16,19H,7,9-11H2. The predicted molar refractivity (Wildman–Crippen MR) is 73.0 cm³/mol. The van der Waals surface area contributed by atoms with Crippen molar-refractivity contribution < 1.29 is 14.2 Å². The van der Waals surface area contributed by atoms with Gasteiger partial charge in [0.05, 0.1) is 6.54 Å². The molecular weight excluding hydrogens is 261 g/mol. The Bertz CT molecular complexity index is 505. The quantitative estimate of drug-likeness (QED) is 0.709. The summed E-state index contributed by atoms with van der Waals surface area (Å²) in [4.78, 5) is 0. The van der Waals surface area contributed by atoms with Gasteiger partial charge in [0, 0.05) is 25.5 Å². The molecule has 2 rings (SSSR count). The highest BCUT2D eigenvalue weighted by Gasteiger charge is 2.07. The summed E-state index contributed by atoms with van der Waals surface area (Å²) < 4.78 is 20.3. The lowest BCUT2D eigenvalue weighted by atomic mass is 10.3. The fourth-order valence-electron chi connectivity index (χ4n) is 1.70. The van der Waals surface area contributed by atoms with Gasteiger partial charge in [0.25, 0.3) is 0 Å². The van der Waals surface area contributed by atoms with E-state index in [0.717, 1.165) is 6.54 Å². The number of nitrogens with one attached hydrogen (secondary N) is 1. The van der Waals surface area contributed by atoms with Gasteiger partial charge in [-0.05, 0) is 18.2 Å². The summed E-state index contributed by atoms with van der Waals surface area (Å²) in [6.45, 7) is 1.86. The first-order chi connectivity index (χ1) is 9.75. The molecule has 0 radical (unpaired) electrons. The molecule has 1 atom stereocenters. The molecule has 1 aromatic carbocycles. The number of aliphatic hydroxyl groups is 1. The molecule has 0 spiro atoms. The summed E-state index contributed by atoms with van der Waals surface area (Å²) >= 11 is 0. The van der Waals surface area contributed by atoms with E-state index in [4.69, 9.17) is 4.74 Å². The van der Waals surface area contributed by atoms with Gasteiger partial charge in [-0.1, -0.05) is 12.1 Å². The van der Waals surface area contributed by atoms with Crippen molar-refractivity contribution in [3.63, 3.8) is 0 Å². The van der Waals surface area contributed by atoms with Crippen LogP contribution in [0.4, 0.5) is 4.39 Å². The number of aromatic nitrogens is 2. The molecule has 1 unspecified atom stereocenters. The first-order valence-corrected chi connectivity index (χ1v) is 6.49. The monoisotopic (exact) mass is 279 g/mol. The maximum absolute atomic E-state index is 13.3. The highest BCUT2D eigenvalue weighted by Crippen LogP contribution is 2.15. The number of hydrogen-bond acceptors (Lipinski definition) is 4. The van der Waals surface area contributed by atoms with Gasteiger partial charge < -0.3 is 15.2 Å². The van der Waals surface area contributed by atoms with Crippen LogP contribution in [0.5, 0.6) is 5.75 Å². The second-order valence-electron chi connectivity index (χ2n) is 4.37. The van der Waals surface area contributed by atoms with Crippen molar-refractivity contribution in [2.45, 2.75) is 12.6 Å². The summed E-state index contributed by atoms with van der Waals surface area (Å²) in [6.07, 6.45) is 2.91.